The Bertz CT molecular complexity index is 1250. The summed E-state index contributed by atoms with van der Waals surface area (Å²) < 4.78 is 2.22. The number of carbonyl (C=O) groups is 1. The molecule has 150 valence electrons. The zero-order chi connectivity index (χ0) is 20.8. The van der Waals surface area contributed by atoms with Gasteiger partial charge in [0, 0.05) is 35.6 Å². The van der Waals surface area contributed by atoms with Gasteiger partial charge in [0.05, 0.1) is 18.3 Å². The minimum atomic E-state index is -0.233. The summed E-state index contributed by atoms with van der Waals surface area (Å²) in [4.78, 5) is 15.0. The van der Waals surface area contributed by atoms with Gasteiger partial charge in [-0.2, -0.15) is 0 Å². The Kier molecular flexibility index (Phi) is 4.44. The standard InChI is InChI=1S/C26H24N2O2/c1-17-11-13-18(14-12-17)24-23(21-9-5-6-10-22(21)27(24)2)25-19-7-3-4-8-20(19)26(30)28(25)15-16-29/h3-14,25,29H,15-16H2,1-2H3. The molecule has 0 radical (unpaired) electrons. The molecule has 2 heterocycles. The molecule has 4 nitrogen and oxygen atoms in total. The minimum absolute atomic E-state index is 0.0209. The first-order valence-electron chi connectivity index (χ1n) is 10.3. The average Bonchev–Trinajstić information content (AvgIpc) is 3.21. The fourth-order valence-corrected chi connectivity index (χ4v) is 4.78. The van der Waals surface area contributed by atoms with Crippen LogP contribution < -0.4 is 0 Å². The van der Waals surface area contributed by atoms with Gasteiger partial charge in [0.1, 0.15) is 0 Å². The van der Waals surface area contributed by atoms with E-state index in [1.807, 2.05) is 41.3 Å². The van der Waals surface area contributed by atoms with E-state index in [0.717, 1.165) is 38.9 Å². The number of amides is 1. The lowest BCUT2D eigenvalue weighted by molar-refractivity contribution is 0.0713. The van der Waals surface area contributed by atoms with Crippen molar-refractivity contribution >= 4 is 16.8 Å². The molecule has 30 heavy (non-hydrogen) atoms. The van der Waals surface area contributed by atoms with E-state index in [2.05, 4.69) is 54.9 Å². The molecular weight excluding hydrogens is 372 g/mol. The van der Waals surface area contributed by atoms with E-state index >= 15 is 0 Å². The normalized spacial score (nSPS) is 15.8. The number of benzene rings is 3. The third kappa shape index (κ3) is 2.68. The second-order valence-corrected chi connectivity index (χ2v) is 7.92. The van der Waals surface area contributed by atoms with E-state index < -0.39 is 0 Å². The maximum Gasteiger partial charge on any atom is 0.255 e. The van der Waals surface area contributed by atoms with Crippen LogP contribution in [-0.4, -0.2) is 33.6 Å². The zero-order valence-electron chi connectivity index (χ0n) is 17.2. The molecule has 4 aromatic rings. The molecule has 3 aromatic carbocycles. The summed E-state index contributed by atoms with van der Waals surface area (Å²) in [6, 6.07) is 24.5. The Morgan fingerprint density at radius 2 is 1.63 bits per heavy atom. The van der Waals surface area contributed by atoms with Gasteiger partial charge in [-0.15, -0.1) is 0 Å². The first-order chi connectivity index (χ1) is 14.6. The molecule has 1 unspecified atom stereocenters. The van der Waals surface area contributed by atoms with Gasteiger partial charge < -0.3 is 14.6 Å². The average molecular weight is 396 g/mol. The van der Waals surface area contributed by atoms with Gasteiger partial charge in [-0.1, -0.05) is 66.2 Å². The van der Waals surface area contributed by atoms with Gasteiger partial charge in [0.25, 0.3) is 5.91 Å². The Labute approximate surface area is 176 Å². The molecule has 0 saturated heterocycles. The van der Waals surface area contributed by atoms with Crippen LogP contribution in [0.4, 0.5) is 0 Å². The van der Waals surface area contributed by atoms with Gasteiger partial charge in [0.2, 0.25) is 0 Å². The van der Waals surface area contributed by atoms with Gasteiger partial charge in [-0.05, 0) is 30.2 Å². The summed E-state index contributed by atoms with van der Waals surface area (Å²) in [5.41, 5.74) is 7.40. The number of aliphatic hydroxyl groups excluding tert-OH is 1. The van der Waals surface area contributed by atoms with Crippen molar-refractivity contribution < 1.29 is 9.90 Å². The van der Waals surface area contributed by atoms with E-state index in [4.69, 9.17) is 0 Å². The van der Waals surface area contributed by atoms with Crippen molar-refractivity contribution in [3.63, 3.8) is 0 Å². The number of aryl methyl sites for hydroxylation is 2. The number of rotatable bonds is 4. The maximum atomic E-state index is 13.2. The van der Waals surface area contributed by atoms with Crippen molar-refractivity contribution in [1.82, 2.24) is 9.47 Å². The van der Waals surface area contributed by atoms with Crippen LogP contribution in [0.15, 0.2) is 72.8 Å². The molecule has 1 aromatic heterocycles. The lowest BCUT2D eigenvalue weighted by atomic mass is 9.93. The van der Waals surface area contributed by atoms with Crippen LogP contribution in [0, 0.1) is 6.92 Å². The monoisotopic (exact) mass is 396 g/mol. The number of para-hydroxylation sites is 1. The van der Waals surface area contributed by atoms with Crippen molar-refractivity contribution in [3.8, 4) is 11.3 Å². The zero-order valence-corrected chi connectivity index (χ0v) is 17.2. The summed E-state index contributed by atoms with van der Waals surface area (Å²) >= 11 is 0. The first-order valence-corrected chi connectivity index (χ1v) is 10.3. The highest BCUT2D eigenvalue weighted by atomic mass is 16.3. The molecule has 1 atom stereocenters. The lowest BCUT2D eigenvalue weighted by Crippen LogP contribution is -2.31. The molecule has 1 N–H and O–H groups in total. The SMILES string of the molecule is Cc1ccc(-c2c(C3c4ccccc4C(=O)N3CCO)c3ccccc3n2C)cc1. The molecule has 1 aliphatic rings. The minimum Gasteiger partial charge on any atom is -0.395 e. The predicted molar refractivity (Wildman–Crippen MR) is 119 cm³/mol. The van der Waals surface area contributed by atoms with Gasteiger partial charge in [-0.3, -0.25) is 4.79 Å². The van der Waals surface area contributed by atoms with E-state index in [0.29, 0.717) is 6.54 Å². The van der Waals surface area contributed by atoms with Crippen molar-refractivity contribution in [1.29, 1.82) is 0 Å². The van der Waals surface area contributed by atoms with Crippen LogP contribution in [0.25, 0.3) is 22.2 Å². The number of fused-ring (bicyclic) bond motifs is 2. The van der Waals surface area contributed by atoms with Crippen molar-refractivity contribution in [2.75, 3.05) is 13.2 Å². The number of hydrogen-bond acceptors (Lipinski definition) is 2. The number of aromatic nitrogens is 1. The smallest absolute Gasteiger partial charge is 0.255 e. The van der Waals surface area contributed by atoms with Crippen LogP contribution in [0.1, 0.15) is 33.1 Å². The van der Waals surface area contributed by atoms with Crippen LogP contribution in [0.2, 0.25) is 0 Å². The Balaban J connectivity index is 1.85. The molecule has 5 rings (SSSR count). The number of nitrogens with zero attached hydrogens (tertiary/aromatic N) is 2. The molecule has 0 aliphatic carbocycles. The predicted octanol–water partition coefficient (Wildman–Crippen LogP) is 4.69. The molecule has 0 bridgehead atoms. The molecular formula is C26H24N2O2. The van der Waals surface area contributed by atoms with Crippen LogP contribution in [0.5, 0.6) is 0 Å². The fraction of sp³-hybridized carbons (Fsp3) is 0.192. The summed E-state index contributed by atoms with van der Waals surface area (Å²) in [7, 11) is 2.08. The number of β-amino-alcohol motifs (C(OH)–C–C–N with tert-alkyl or cyclic N) is 1. The fourth-order valence-electron chi connectivity index (χ4n) is 4.78. The van der Waals surface area contributed by atoms with Crippen molar-refractivity contribution in [2.24, 2.45) is 7.05 Å². The lowest BCUT2D eigenvalue weighted by Gasteiger charge is -2.26. The number of hydrogen-bond donors (Lipinski definition) is 1. The van der Waals surface area contributed by atoms with Crippen LogP contribution >= 0.6 is 0 Å². The molecule has 4 heteroatoms. The first kappa shape index (κ1) is 18.6. The van der Waals surface area contributed by atoms with Gasteiger partial charge in [-0.25, -0.2) is 0 Å². The number of aliphatic hydroxyl groups is 1. The summed E-state index contributed by atoms with van der Waals surface area (Å²) in [6.07, 6.45) is 0. The Hall–Kier alpha value is -3.37. The molecule has 0 spiro atoms. The third-order valence-corrected chi connectivity index (χ3v) is 6.14. The molecule has 0 fully saturated rings. The second-order valence-electron chi connectivity index (χ2n) is 7.92. The van der Waals surface area contributed by atoms with E-state index in [9.17, 15) is 9.90 Å². The Morgan fingerprint density at radius 3 is 2.40 bits per heavy atom. The van der Waals surface area contributed by atoms with Gasteiger partial charge in [0.15, 0.2) is 0 Å². The molecule has 0 saturated carbocycles. The third-order valence-electron chi connectivity index (χ3n) is 6.14. The van der Waals surface area contributed by atoms with E-state index in [-0.39, 0.29) is 18.6 Å². The summed E-state index contributed by atoms with van der Waals surface area (Å²) in [6.45, 7) is 2.32. The highest BCUT2D eigenvalue weighted by Gasteiger charge is 2.40. The largest absolute Gasteiger partial charge is 0.395 e. The van der Waals surface area contributed by atoms with Crippen LogP contribution in [0.3, 0.4) is 0 Å². The van der Waals surface area contributed by atoms with Crippen molar-refractivity contribution in [3.05, 3.63) is 95.1 Å². The molecule has 1 amide bonds. The van der Waals surface area contributed by atoms with E-state index in [1.165, 1.54) is 5.56 Å². The Morgan fingerprint density at radius 1 is 0.933 bits per heavy atom. The number of carbonyl (C=O) groups excluding carboxylic acids is 1. The highest BCUT2D eigenvalue weighted by Crippen LogP contribution is 2.46. The van der Waals surface area contributed by atoms with E-state index in [1.54, 1.807) is 0 Å². The highest BCUT2D eigenvalue weighted by molar-refractivity contribution is 6.02. The quantitative estimate of drug-likeness (QED) is 0.544. The topological polar surface area (TPSA) is 45.5 Å². The van der Waals surface area contributed by atoms with Crippen molar-refractivity contribution in [2.45, 2.75) is 13.0 Å². The summed E-state index contributed by atoms with van der Waals surface area (Å²) in [5, 5.41) is 10.9. The molecule has 1 aliphatic heterocycles. The second kappa shape index (κ2) is 7.15. The maximum absolute atomic E-state index is 13.2. The summed E-state index contributed by atoms with van der Waals surface area (Å²) in [5.74, 6) is -0.0209. The van der Waals surface area contributed by atoms with Crippen LogP contribution in [-0.2, 0) is 7.05 Å². The van der Waals surface area contributed by atoms with Gasteiger partial charge >= 0.3 is 0 Å².